The Morgan fingerprint density at radius 2 is 1.90 bits per heavy atom. The Kier molecular flexibility index (Phi) is 4.70. The minimum atomic E-state index is -3.57. The molecule has 1 atom stereocenters. The average molecular weight is 369 g/mol. The van der Waals surface area contributed by atoms with Crippen LogP contribution in [0.25, 0.3) is 0 Å². The van der Waals surface area contributed by atoms with Gasteiger partial charge in [-0.25, -0.2) is 13.1 Å². The SMILES string of the molecule is Cc1cc(S(=O)(=O)NC(C)c2cccc(N)c2)ccc1Br. The number of anilines is 1. The predicted molar refractivity (Wildman–Crippen MR) is 88.5 cm³/mol. The molecule has 0 fully saturated rings. The van der Waals surface area contributed by atoms with Crippen LogP contribution >= 0.6 is 15.9 Å². The first kappa shape index (κ1) is 16.0. The van der Waals surface area contributed by atoms with Gasteiger partial charge in [-0.3, -0.25) is 0 Å². The zero-order valence-electron chi connectivity index (χ0n) is 11.8. The van der Waals surface area contributed by atoms with E-state index < -0.39 is 10.0 Å². The second kappa shape index (κ2) is 6.17. The maximum Gasteiger partial charge on any atom is 0.241 e. The quantitative estimate of drug-likeness (QED) is 0.812. The van der Waals surface area contributed by atoms with Gasteiger partial charge in [0.05, 0.1) is 4.90 Å². The van der Waals surface area contributed by atoms with Crippen molar-refractivity contribution in [3.8, 4) is 0 Å². The fourth-order valence-corrected chi connectivity index (χ4v) is 3.54. The third-order valence-corrected chi connectivity index (χ3v) is 5.61. The summed E-state index contributed by atoms with van der Waals surface area (Å²) in [7, 11) is -3.57. The van der Waals surface area contributed by atoms with E-state index in [0.717, 1.165) is 15.6 Å². The largest absolute Gasteiger partial charge is 0.399 e. The summed E-state index contributed by atoms with van der Waals surface area (Å²) >= 11 is 3.36. The number of hydrogen-bond acceptors (Lipinski definition) is 3. The van der Waals surface area contributed by atoms with Gasteiger partial charge in [0.1, 0.15) is 0 Å². The minimum absolute atomic E-state index is 0.249. The molecule has 2 aromatic carbocycles. The van der Waals surface area contributed by atoms with Gasteiger partial charge in [0.2, 0.25) is 10.0 Å². The monoisotopic (exact) mass is 368 g/mol. The molecule has 0 bridgehead atoms. The van der Waals surface area contributed by atoms with Crippen molar-refractivity contribution in [3.63, 3.8) is 0 Å². The third-order valence-electron chi connectivity index (χ3n) is 3.18. The number of benzene rings is 2. The summed E-state index contributed by atoms with van der Waals surface area (Å²) in [5, 5.41) is 0. The Balaban J connectivity index is 2.26. The van der Waals surface area contributed by atoms with Crippen LogP contribution in [0.2, 0.25) is 0 Å². The van der Waals surface area contributed by atoms with E-state index in [1.54, 1.807) is 43.3 Å². The lowest BCUT2D eigenvalue weighted by Gasteiger charge is -2.15. The first-order chi connectivity index (χ1) is 9.79. The fourth-order valence-electron chi connectivity index (χ4n) is 1.98. The summed E-state index contributed by atoms with van der Waals surface area (Å²) < 4.78 is 28.4. The molecule has 1 unspecified atom stereocenters. The highest BCUT2D eigenvalue weighted by molar-refractivity contribution is 9.10. The van der Waals surface area contributed by atoms with E-state index in [0.29, 0.717) is 5.69 Å². The van der Waals surface area contributed by atoms with E-state index in [2.05, 4.69) is 20.7 Å². The van der Waals surface area contributed by atoms with Crippen LogP contribution in [0.15, 0.2) is 51.8 Å². The molecule has 21 heavy (non-hydrogen) atoms. The second-order valence-corrected chi connectivity index (χ2v) is 7.49. The van der Waals surface area contributed by atoms with E-state index in [1.165, 1.54) is 0 Å². The lowest BCUT2D eigenvalue weighted by atomic mass is 10.1. The Morgan fingerprint density at radius 3 is 2.52 bits per heavy atom. The summed E-state index contributed by atoms with van der Waals surface area (Å²) in [6.07, 6.45) is 0. The Morgan fingerprint density at radius 1 is 1.19 bits per heavy atom. The number of sulfonamides is 1. The lowest BCUT2D eigenvalue weighted by Crippen LogP contribution is -2.27. The standard InChI is InChI=1S/C15H17BrN2O2S/c1-10-8-14(6-7-15(10)16)21(19,20)18-11(2)12-4-3-5-13(17)9-12/h3-9,11,18H,17H2,1-2H3. The third kappa shape index (κ3) is 3.84. The molecule has 0 amide bonds. The molecule has 0 aromatic heterocycles. The van der Waals surface area contributed by atoms with Crippen molar-refractivity contribution in [2.75, 3.05) is 5.73 Å². The maximum absolute atomic E-state index is 12.4. The van der Waals surface area contributed by atoms with E-state index in [4.69, 9.17) is 5.73 Å². The van der Waals surface area contributed by atoms with Crippen molar-refractivity contribution in [1.29, 1.82) is 0 Å². The highest BCUT2D eigenvalue weighted by atomic mass is 79.9. The van der Waals surface area contributed by atoms with Gasteiger partial charge in [-0.2, -0.15) is 0 Å². The van der Waals surface area contributed by atoms with Crippen LogP contribution in [0.1, 0.15) is 24.1 Å². The zero-order valence-corrected chi connectivity index (χ0v) is 14.2. The highest BCUT2D eigenvalue weighted by Gasteiger charge is 2.19. The first-order valence-electron chi connectivity index (χ1n) is 6.43. The van der Waals surface area contributed by atoms with Crippen molar-refractivity contribution < 1.29 is 8.42 Å². The maximum atomic E-state index is 12.4. The molecule has 0 radical (unpaired) electrons. The summed E-state index contributed by atoms with van der Waals surface area (Å²) in [6, 6.07) is 11.8. The highest BCUT2D eigenvalue weighted by Crippen LogP contribution is 2.22. The topological polar surface area (TPSA) is 72.2 Å². The van der Waals surface area contributed by atoms with Gasteiger partial charge >= 0.3 is 0 Å². The number of halogens is 1. The van der Waals surface area contributed by atoms with Crippen LogP contribution in [0.4, 0.5) is 5.69 Å². The Bertz CT molecular complexity index is 760. The molecule has 2 aromatic rings. The Labute approximate surface area is 133 Å². The molecule has 0 saturated heterocycles. The van der Waals surface area contributed by atoms with Gasteiger partial charge in [-0.1, -0.05) is 28.1 Å². The summed E-state index contributed by atoms with van der Waals surface area (Å²) in [6.45, 7) is 3.64. The molecule has 4 nitrogen and oxygen atoms in total. The van der Waals surface area contributed by atoms with Gasteiger partial charge in [0.25, 0.3) is 0 Å². The average Bonchev–Trinajstić information content (AvgIpc) is 2.41. The van der Waals surface area contributed by atoms with Crippen molar-refractivity contribution in [3.05, 3.63) is 58.1 Å². The molecule has 6 heteroatoms. The minimum Gasteiger partial charge on any atom is -0.399 e. The van der Waals surface area contributed by atoms with Crippen molar-refractivity contribution in [2.24, 2.45) is 0 Å². The molecule has 0 saturated carbocycles. The van der Waals surface area contributed by atoms with Gasteiger partial charge in [-0.15, -0.1) is 0 Å². The Hall–Kier alpha value is -1.37. The van der Waals surface area contributed by atoms with Crippen molar-refractivity contribution in [1.82, 2.24) is 4.72 Å². The molecule has 0 aliphatic heterocycles. The normalized spacial score (nSPS) is 13.1. The molecule has 0 spiro atoms. The van der Waals surface area contributed by atoms with Crippen molar-refractivity contribution in [2.45, 2.75) is 24.8 Å². The van der Waals surface area contributed by atoms with E-state index in [1.807, 2.05) is 13.0 Å². The molecular formula is C15H17BrN2O2S. The summed E-state index contributed by atoms with van der Waals surface area (Å²) in [4.78, 5) is 0.249. The fraction of sp³-hybridized carbons (Fsp3) is 0.200. The van der Waals surface area contributed by atoms with Crippen LogP contribution in [-0.4, -0.2) is 8.42 Å². The van der Waals surface area contributed by atoms with Crippen molar-refractivity contribution >= 4 is 31.6 Å². The van der Waals surface area contributed by atoms with E-state index in [-0.39, 0.29) is 10.9 Å². The molecule has 0 aliphatic rings. The number of hydrogen-bond donors (Lipinski definition) is 2. The van der Waals surface area contributed by atoms with E-state index in [9.17, 15) is 8.42 Å². The number of nitrogen functional groups attached to an aromatic ring is 1. The van der Waals surface area contributed by atoms with Gasteiger partial charge in [0, 0.05) is 16.2 Å². The molecule has 3 N–H and O–H groups in total. The predicted octanol–water partition coefficient (Wildman–Crippen LogP) is 3.38. The smallest absolute Gasteiger partial charge is 0.241 e. The number of aryl methyl sites for hydroxylation is 1. The van der Waals surface area contributed by atoms with Gasteiger partial charge in [-0.05, 0) is 55.3 Å². The molecule has 112 valence electrons. The summed E-state index contributed by atoms with van der Waals surface area (Å²) in [5.74, 6) is 0. The van der Waals surface area contributed by atoms with Crippen LogP contribution in [0.3, 0.4) is 0 Å². The molecule has 0 heterocycles. The molecular weight excluding hydrogens is 352 g/mol. The summed E-state index contributed by atoms with van der Waals surface area (Å²) in [5.41, 5.74) is 8.03. The molecule has 2 rings (SSSR count). The molecule has 0 aliphatic carbocycles. The second-order valence-electron chi connectivity index (χ2n) is 4.92. The first-order valence-corrected chi connectivity index (χ1v) is 8.71. The van der Waals surface area contributed by atoms with Crippen LogP contribution in [0, 0.1) is 6.92 Å². The zero-order chi connectivity index (χ0) is 15.6. The van der Waals surface area contributed by atoms with E-state index >= 15 is 0 Å². The number of nitrogens with one attached hydrogen (secondary N) is 1. The lowest BCUT2D eigenvalue weighted by molar-refractivity contribution is 0.567. The van der Waals surface area contributed by atoms with Gasteiger partial charge < -0.3 is 5.73 Å². The number of nitrogens with two attached hydrogens (primary N) is 1. The van der Waals surface area contributed by atoms with Crippen LogP contribution in [-0.2, 0) is 10.0 Å². The van der Waals surface area contributed by atoms with Crippen LogP contribution < -0.4 is 10.5 Å². The number of rotatable bonds is 4. The van der Waals surface area contributed by atoms with Gasteiger partial charge in [0.15, 0.2) is 0 Å². The van der Waals surface area contributed by atoms with Crippen LogP contribution in [0.5, 0.6) is 0 Å².